The Kier molecular flexibility index (Phi) is 4.38. The highest BCUT2D eigenvalue weighted by Crippen LogP contribution is 2.24. The number of aryl methyl sites for hydroxylation is 1. The van der Waals surface area contributed by atoms with Crippen LogP contribution >= 0.6 is 0 Å². The van der Waals surface area contributed by atoms with E-state index in [0.29, 0.717) is 0 Å². The van der Waals surface area contributed by atoms with Crippen LogP contribution in [-0.4, -0.2) is 54.7 Å². The van der Waals surface area contributed by atoms with Crippen molar-refractivity contribution in [1.82, 2.24) is 9.80 Å². The summed E-state index contributed by atoms with van der Waals surface area (Å²) in [7, 11) is 4.22. The number of aliphatic hydroxyl groups excluding tert-OH is 1. The van der Waals surface area contributed by atoms with Gasteiger partial charge in [-0.2, -0.15) is 0 Å². The molecule has 1 aliphatic heterocycles. The van der Waals surface area contributed by atoms with E-state index >= 15 is 0 Å². The van der Waals surface area contributed by atoms with Crippen LogP contribution in [-0.2, 0) is 6.42 Å². The Morgan fingerprint density at radius 2 is 2.11 bits per heavy atom. The van der Waals surface area contributed by atoms with Gasteiger partial charge in [0.25, 0.3) is 0 Å². The number of aliphatic hydroxyl groups is 1. The molecule has 100 valence electrons. The number of likely N-dealkylation sites (N-methyl/N-ethyl adjacent to an activating group) is 2. The maximum absolute atomic E-state index is 10.6. The lowest BCUT2D eigenvalue weighted by Crippen LogP contribution is -2.52. The zero-order chi connectivity index (χ0) is 13.1. The molecule has 3 heteroatoms. The third-order valence-corrected chi connectivity index (χ3v) is 3.96. The number of hydrogen-bond acceptors (Lipinski definition) is 3. The number of benzene rings is 1. The lowest BCUT2D eigenvalue weighted by molar-refractivity contribution is 0.0138. The van der Waals surface area contributed by atoms with Crippen molar-refractivity contribution in [3.05, 3.63) is 35.4 Å². The van der Waals surface area contributed by atoms with Crippen LogP contribution in [0.25, 0.3) is 0 Å². The molecule has 0 amide bonds. The van der Waals surface area contributed by atoms with Crippen molar-refractivity contribution in [2.75, 3.05) is 33.7 Å². The third kappa shape index (κ3) is 2.91. The Hall–Kier alpha value is -0.900. The van der Waals surface area contributed by atoms with Crippen LogP contribution in [0.3, 0.4) is 0 Å². The smallest absolute Gasteiger partial charge is 0.0957 e. The molecule has 18 heavy (non-hydrogen) atoms. The fourth-order valence-corrected chi connectivity index (χ4v) is 2.60. The molecule has 2 atom stereocenters. The van der Waals surface area contributed by atoms with Gasteiger partial charge in [0.05, 0.1) is 12.1 Å². The van der Waals surface area contributed by atoms with Crippen LogP contribution in [0.5, 0.6) is 0 Å². The normalized spacial score (nSPS) is 24.1. The van der Waals surface area contributed by atoms with E-state index < -0.39 is 6.10 Å². The molecule has 2 unspecified atom stereocenters. The van der Waals surface area contributed by atoms with Gasteiger partial charge in [-0.3, -0.25) is 4.90 Å². The van der Waals surface area contributed by atoms with Gasteiger partial charge >= 0.3 is 0 Å². The van der Waals surface area contributed by atoms with Gasteiger partial charge in [0.15, 0.2) is 0 Å². The minimum absolute atomic E-state index is 0.191. The first-order valence-electron chi connectivity index (χ1n) is 6.77. The lowest BCUT2D eigenvalue weighted by atomic mass is 9.97. The summed E-state index contributed by atoms with van der Waals surface area (Å²) in [6, 6.07) is 8.52. The van der Waals surface area contributed by atoms with E-state index in [1.165, 1.54) is 5.56 Å². The average molecular weight is 248 g/mol. The molecule has 0 aliphatic carbocycles. The fraction of sp³-hybridized carbons (Fsp3) is 0.600. The van der Waals surface area contributed by atoms with Crippen molar-refractivity contribution >= 4 is 0 Å². The molecule has 0 saturated carbocycles. The summed E-state index contributed by atoms with van der Waals surface area (Å²) < 4.78 is 0. The summed E-state index contributed by atoms with van der Waals surface area (Å²) in [6.45, 7) is 5.17. The minimum Gasteiger partial charge on any atom is -0.387 e. The van der Waals surface area contributed by atoms with Gasteiger partial charge in [0.2, 0.25) is 0 Å². The van der Waals surface area contributed by atoms with Crippen LogP contribution in [0.2, 0.25) is 0 Å². The van der Waals surface area contributed by atoms with Crippen molar-refractivity contribution in [2.24, 2.45) is 0 Å². The van der Waals surface area contributed by atoms with Gasteiger partial charge in [0, 0.05) is 19.6 Å². The second kappa shape index (κ2) is 5.83. The van der Waals surface area contributed by atoms with E-state index in [9.17, 15) is 5.11 Å². The zero-order valence-electron chi connectivity index (χ0n) is 11.6. The third-order valence-electron chi connectivity index (χ3n) is 3.96. The van der Waals surface area contributed by atoms with E-state index in [0.717, 1.165) is 31.6 Å². The number of piperazine rings is 1. The molecule has 0 bridgehead atoms. The Labute approximate surface area is 110 Å². The van der Waals surface area contributed by atoms with Crippen molar-refractivity contribution in [3.63, 3.8) is 0 Å². The van der Waals surface area contributed by atoms with Crippen molar-refractivity contribution in [1.29, 1.82) is 0 Å². The highest BCUT2D eigenvalue weighted by atomic mass is 16.3. The van der Waals surface area contributed by atoms with Gasteiger partial charge < -0.3 is 10.0 Å². The second-order valence-corrected chi connectivity index (χ2v) is 5.35. The van der Waals surface area contributed by atoms with Gasteiger partial charge in [-0.15, -0.1) is 0 Å². The van der Waals surface area contributed by atoms with Crippen LogP contribution in [0.1, 0.15) is 24.2 Å². The Bertz CT molecular complexity index is 394. The predicted molar refractivity (Wildman–Crippen MR) is 74.7 cm³/mol. The maximum Gasteiger partial charge on any atom is 0.0957 e. The summed E-state index contributed by atoms with van der Waals surface area (Å²) in [5, 5.41) is 10.6. The highest BCUT2D eigenvalue weighted by Gasteiger charge is 2.29. The van der Waals surface area contributed by atoms with Crippen LogP contribution in [0.15, 0.2) is 24.3 Å². The largest absolute Gasteiger partial charge is 0.387 e. The molecule has 2 rings (SSSR count). The molecular formula is C15H24N2O. The van der Waals surface area contributed by atoms with E-state index in [-0.39, 0.29) is 6.04 Å². The van der Waals surface area contributed by atoms with E-state index in [2.05, 4.69) is 43.0 Å². The number of rotatable bonds is 3. The average Bonchev–Trinajstić information content (AvgIpc) is 2.41. The molecule has 1 aromatic rings. The van der Waals surface area contributed by atoms with E-state index in [1.54, 1.807) is 0 Å². The summed E-state index contributed by atoms with van der Waals surface area (Å²) in [5.74, 6) is 0. The molecule has 0 aromatic heterocycles. The van der Waals surface area contributed by atoms with Crippen molar-refractivity contribution in [2.45, 2.75) is 25.5 Å². The maximum atomic E-state index is 10.6. The van der Waals surface area contributed by atoms with E-state index in [1.807, 2.05) is 12.1 Å². The van der Waals surface area contributed by atoms with Crippen LogP contribution in [0, 0.1) is 0 Å². The molecule has 1 heterocycles. The molecular weight excluding hydrogens is 224 g/mol. The monoisotopic (exact) mass is 248 g/mol. The lowest BCUT2D eigenvalue weighted by Gasteiger charge is -2.40. The van der Waals surface area contributed by atoms with Crippen molar-refractivity contribution in [3.8, 4) is 0 Å². The van der Waals surface area contributed by atoms with Crippen LogP contribution in [0.4, 0.5) is 0 Å². The SMILES string of the molecule is CCc1cccc(C(O)C2CN(C)CCN2C)c1. The van der Waals surface area contributed by atoms with Gasteiger partial charge in [-0.25, -0.2) is 0 Å². The topological polar surface area (TPSA) is 26.7 Å². The molecule has 3 nitrogen and oxygen atoms in total. The predicted octanol–water partition coefficient (Wildman–Crippen LogP) is 1.53. The molecule has 1 aliphatic rings. The first-order valence-corrected chi connectivity index (χ1v) is 6.77. The molecule has 1 fully saturated rings. The van der Waals surface area contributed by atoms with Gasteiger partial charge in [0.1, 0.15) is 0 Å². The summed E-state index contributed by atoms with van der Waals surface area (Å²) >= 11 is 0. The molecule has 0 radical (unpaired) electrons. The summed E-state index contributed by atoms with van der Waals surface area (Å²) in [4.78, 5) is 4.56. The Morgan fingerprint density at radius 3 is 2.83 bits per heavy atom. The number of hydrogen-bond donors (Lipinski definition) is 1. The molecule has 1 aromatic carbocycles. The van der Waals surface area contributed by atoms with Gasteiger partial charge in [-0.05, 0) is 31.6 Å². The minimum atomic E-state index is -0.399. The summed E-state index contributed by atoms with van der Waals surface area (Å²) in [5.41, 5.74) is 2.33. The Morgan fingerprint density at radius 1 is 1.33 bits per heavy atom. The molecule has 0 spiro atoms. The first-order chi connectivity index (χ1) is 8.61. The fourth-order valence-electron chi connectivity index (χ4n) is 2.60. The molecule has 1 N–H and O–H groups in total. The Balaban J connectivity index is 2.15. The standard InChI is InChI=1S/C15H24N2O/c1-4-12-6-5-7-13(10-12)15(18)14-11-16(2)8-9-17(14)3/h5-7,10,14-15,18H,4,8-9,11H2,1-3H3. The zero-order valence-corrected chi connectivity index (χ0v) is 11.6. The van der Waals surface area contributed by atoms with Crippen molar-refractivity contribution < 1.29 is 5.11 Å². The van der Waals surface area contributed by atoms with Gasteiger partial charge in [-0.1, -0.05) is 31.2 Å². The first kappa shape index (κ1) is 13.5. The highest BCUT2D eigenvalue weighted by molar-refractivity contribution is 5.26. The summed E-state index contributed by atoms with van der Waals surface area (Å²) in [6.07, 6.45) is 0.616. The quantitative estimate of drug-likeness (QED) is 0.879. The molecule has 1 saturated heterocycles. The number of nitrogens with zero attached hydrogens (tertiary/aromatic N) is 2. The second-order valence-electron chi connectivity index (χ2n) is 5.35. The van der Waals surface area contributed by atoms with E-state index in [4.69, 9.17) is 0 Å². The van der Waals surface area contributed by atoms with Crippen LogP contribution < -0.4 is 0 Å².